The van der Waals surface area contributed by atoms with Gasteiger partial charge in [0.15, 0.2) is 10.8 Å². The smallest absolute Gasteiger partial charge is 0.381 e. The highest BCUT2D eigenvalue weighted by Gasteiger charge is 2.38. The van der Waals surface area contributed by atoms with Gasteiger partial charge in [0, 0.05) is 13.6 Å². The topological polar surface area (TPSA) is 81.2 Å². The molecule has 0 unspecified atom stereocenters. The van der Waals surface area contributed by atoms with Gasteiger partial charge in [0.2, 0.25) is 0 Å². The summed E-state index contributed by atoms with van der Waals surface area (Å²) in [5, 5.41) is -0.436. The molecule has 0 aliphatic heterocycles. The van der Waals surface area contributed by atoms with Crippen molar-refractivity contribution in [2.24, 2.45) is 7.05 Å². The molecule has 0 radical (unpaired) electrons. The Labute approximate surface area is 102 Å². The van der Waals surface area contributed by atoms with Crippen molar-refractivity contribution in [1.29, 1.82) is 0 Å². The molecule has 0 aromatic carbocycles. The van der Waals surface area contributed by atoms with Gasteiger partial charge in [-0.25, -0.2) is 13.4 Å². The molecule has 0 aliphatic rings. The lowest BCUT2D eigenvalue weighted by atomic mass is 10.6. The van der Waals surface area contributed by atoms with Gasteiger partial charge in [0.1, 0.15) is 6.54 Å². The lowest BCUT2D eigenvalue weighted by Crippen LogP contribution is -2.39. The number of nitrogens with two attached hydrogens (primary N) is 1. The van der Waals surface area contributed by atoms with Gasteiger partial charge < -0.3 is 10.3 Å². The van der Waals surface area contributed by atoms with Crippen molar-refractivity contribution < 1.29 is 21.6 Å². The average Bonchev–Trinajstić information content (AvgIpc) is 2.53. The number of aromatic nitrogens is 2. The monoisotopic (exact) mass is 286 g/mol. The van der Waals surface area contributed by atoms with E-state index in [4.69, 9.17) is 5.73 Å². The van der Waals surface area contributed by atoms with Crippen molar-refractivity contribution >= 4 is 15.8 Å². The Morgan fingerprint density at radius 2 is 2.06 bits per heavy atom. The van der Waals surface area contributed by atoms with E-state index in [0.29, 0.717) is 4.31 Å². The molecule has 0 amide bonds. The number of alkyl halides is 3. The van der Waals surface area contributed by atoms with Gasteiger partial charge in [-0.1, -0.05) is 6.92 Å². The number of sulfonamides is 1. The van der Waals surface area contributed by atoms with E-state index in [9.17, 15) is 21.6 Å². The van der Waals surface area contributed by atoms with Crippen LogP contribution in [0.5, 0.6) is 0 Å². The third kappa shape index (κ3) is 2.93. The molecule has 6 nitrogen and oxygen atoms in total. The Kier molecular flexibility index (Phi) is 3.91. The summed E-state index contributed by atoms with van der Waals surface area (Å²) in [5.74, 6) is -0.321. The van der Waals surface area contributed by atoms with Gasteiger partial charge in [0.05, 0.1) is 6.33 Å². The molecule has 0 atom stereocenters. The molecule has 0 saturated carbocycles. The van der Waals surface area contributed by atoms with Crippen LogP contribution >= 0.6 is 0 Å². The molecule has 0 saturated heterocycles. The number of aryl methyl sites for hydroxylation is 1. The van der Waals surface area contributed by atoms with Gasteiger partial charge >= 0.3 is 6.18 Å². The zero-order chi connectivity index (χ0) is 14.1. The van der Waals surface area contributed by atoms with Gasteiger partial charge in [0.25, 0.3) is 10.0 Å². The van der Waals surface area contributed by atoms with E-state index in [0.717, 1.165) is 10.9 Å². The molecule has 0 bridgehead atoms. The first-order valence-electron chi connectivity index (χ1n) is 4.93. The number of halogens is 3. The zero-order valence-corrected chi connectivity index (χ0v) is 10.6. The van der Waals surface area contributed by atoms with Crippen molar-refractivity contribution in [2.45, 2.75) is 18.1 Å². The third-order valence-corrected chi connectivity index (χ3v) is 4.26. The molecule has 18 heavy (non-hydrogen) atoms. The summed E-state index contributed by atoms with van der Waals surface area (Å²) in [4.78, 5) is 3.55. The molecule has 1 aromatic rings. The number of anilines is 1. The van der Waals surface area contributed by atoms with Gasteiger partial charge in [-0.15, -0.1) is 0 Å². The van der Waals surface area contributed by atoms with Crippen LogP contribution in [-0.2, 0) is 17.1 Å². The lowest BCUT2D eigenvalue weighted by molar-refractivity contribution is -0.135. The van der Waals surface area contributed by atoms with Crippen LogP contribution in [0.15, 0.2) is 11.4 Å². The van der Waals surface area contributed by atoms with E-state index >= 15 is 0 Å². The summed E-state index contributed by atoms with van der Waals surface area (Å²) < 4.78 is 62.4. The summed E-state index contributed by atoms with van der Waals surface area (Å²) in [6.07, 6.45) is -3.49. The van der Waals surface area contributed by atoms with Crippen molar-refractivity contribution in [1.82, 2.24) is 13.9 Å². The summed E-state index contributed by atoms with van der Waals surface area (Å²) in [7, 11) is -2.97. The van der Waals surface area contributed by atoms with Crippen molar-refractivity contribution in [3.05, 3.63) is 6.33 Å². The summed E-state index contributed by atoms with van der Waals surface area (Å²) in [6, 6.07) is 0. The van der Waals surface area contributed by atoms with E-state index in [1.165, 1.54) is 14.0 Å². The first-order chi connectivity index (χ1) is 8.09. The van der Waals surface area contributed by atoms with Crippen LogP contribution in [0.3, 0.4) is 0 Å². The molecule has 1 heterocycles. The Morgan fingerprint density at radius 1 is 1.50 bits per heavy atom. The molecule has 104 valence electrons. The SMILES string of the molecule is CCN(CC(F)(F)F)S(=O)(=O)c1c(N)ncn1C. The summed E-state index contributed by atoms with van der Waals surface area (Å²) >= 11 is 0. The fourth-order valence-corrected chi connectivity index (χ4v) is 3.07. The van der Waals surface area contributed by atoms with Crippen LogP contribution in [0.2, 0.25) is 0 Å². The van der Waals surface area contributed by atoms with Crippen LogP contribution in [0.4, 0.5) is 19.0 Å². The highest BCUT2D eigenvalue weighted by atomic mass is 32.2. The maximum atomic E-state index is 12.3. The number of hydrogen-bond acceptors (Lipinski definition) is 4. The van der Waals surface area contributed by atoms with Gasteiger partial charge in [-0.3, -0.25) is 0 Å². The normalized spacial score (nSPS) is 13.2. The predicted molar refractivity (Wildman–Crippen MR) is 58.1 cm³/mol. The van der Waals surface area contributed by atoms with E-state index < -0.39 is 27.8 Å². The van der Waals surface area contributed by atoms with Gasteiger partial charge in [-0.2, -0.15) is 17.5 Å². The average molecular weight is 286 g/mol. The number of imidazole rings is 1. The van der Waals surface area contributed by atoms with Crippen LogP contribution in [0, 0.1) is 0 Å². The van der Waals surface area contributed by atoms with Crippen LogP contribution in [0.1, 0.15) is 6.92 Å². The quantitative estimate of drug-likeness (QED) is 0.877. The van der Waals surface area contributed by atoms with Gasteiger partial charge in [-0.05, 0) is 0 Å². The highest BCUT2D eigenvalue weighted by Crippen LogP contribution is 2.24. The molecular formula is C8H13F3N4O2S. The lowest BCUT2D eigenvalue weighted by Gasteiger charge is -2.21. The maximum absolute atomic E-state index is 12.3. The van der Waals surface area contributed by atoms with Crippen LogP contribution in [0.25, 0.3) is 0 Å². The summed E-state index contributed by atoms with van der Waals surface area (Å²) in [5.41, 5.74) is 5.36. The van der Waals surface area contributed by atoms with E-state index in [-0.39, 0.29) is 12.4 Å². The fraction of sp³-hybridized carbons (Fsp3) is 0.625. The molecule has 1 rings (SSSR count). The second kappa shape index (κ2) is 4.76. The standard InChI is InChI=1S/C8H13F3N4O2S/c1-3-15(4-8(9,10)11)18(16,17)7-6(12)13-5-14(7)2/h5H,3-4,12H2,1-2H3. The maximum Gasteiger partial charge on any atom is 0.402 e. The third-order valence-electron chi connectivity index (χ3n) is 2.20. The summed E-state index contributed by atoms with van der Waals surface area (Å²) in [6.45, 7) is -0.557. The minimum atomic E-state index is -4.61. The largest absolute Gasteiger partial charge is 0.402 e. The van der Waals surface area contributed by atoms with Crippen LogP contribution < -0.4 is 5.73 Å². The van der Waals surface area contributed by atoms with E-state index in [1.54, 1.807) is 0 Å². The Morgan fingerprint density at radius 3 is 2.39 bits per heavy atom. The predicted octanol–water partition coefficient (Wildman–Crippen LogP) is 0.575. The number of nitrogens with zero attached hydrogens (tertiary/aromatic N) is 3. The second-order valence-corrected chi connectivity index (χ2v) is 5.45. The number of nitrogen functional groups attached to an aromatic ring is 1. The van der Waals surface area contributed by atoms with E-state index in [2.05, 4.69) is 4.98 Å². The second-order valence-electron chi connectivity index (χ2n) is 3.59. The fourth-order valence-electron chi connectivity index (χ4n) is 1.44. The minimum absolute atomic E-state index is 0.306. The number of rotatable bonds is 4. The molecule has 1 aromatic heterocycles. The minimum Gasteiger partial charge on any atom is -0.381 e. The molecule has 0 aliphatic carbocycles. The Balaban J connectivity index is 3.20. The molecule has 0 spiro atoms. The Hall–Kier alpha value is -1.29. The molecule has 0 fully saturated rings. The van der Waals surface area contributed by atoms with Crippen molar-refractivity contribution in [2.75, 3.05) is 18.8 Å². The Bertz CT molecular complexity index is 503. The zero-order valence-electron chi connectivity index (χ0n) is 9.77. The van der Waals surface area contributed by atoms with Crippen molar-refractivity contribution in [3.8, 4) is 0 Å². The van der Waals surface area contributed by atoms with E-state index in [1.807, 2.05) is 0 Å². The first-order valence-corrected chi connectivity index (χ1v) is 6.37. The van der Waals surface area contributed by atoms with Crippen molar-refractivity contribution in [3.63, 3.8) is 0 Å². The first kappa shape index (κ1) is 14.8. The highest BCUT2D eigenvalue weighted by molar-refractivity contribution is 7.89. The number of hydrogen-bond donors (Lipinski definition) is 1. The molecule has 2 N–H and O–H groups in total. The molecular weight excluding hydrogens is 273 g/mol. The van der Waals surface area contributed by atoms with Crippen LogP contribution in [-0.4, -0.2) is 41.5 Å². The molecule has 10 heteroatoms.